The number of hydrogen-bond acceptors (Lipinski definition) is 10. The van der Waals surface area contributed by atoms with E-state index in [2.05, 4.69) is 42.2 Å². The van der Waals surface area contributed by atoms with Crippen LogP contribution in [0.15, 0.2) is 86.7 Å². The van der Waals surface area contributed by atoms with Gasteiger partial charge >= 0.3 is 0 Å². The first-order valence-corrected chi connectivity index (χ1v) is 15.5. The highest BCUT2D eigenvalue weighted by Crippen LogP contribution is 2.56. The first kappa shape index (κ1) is 28.4. The number of aromatic nitrogens is 2. The Morgan fingerprint density at radius 2 is 2.15 bits per heavy atom. The molecule has 10 heteroatoms. The molecule has 3 aliphatic rings. The van der Waals surface area contributed by atoms with Crippen molar-refractivity contribution in [3.05, 3.63) is 105 Å². The summed E-state index contributed by atoms with van der Waals surface area (Å²) in [6.07, 6.45) is 12.0. The van der Waals surface area contributed by atoms with Crippen LogP contribution in [0.2, 0.25) is 0 Å². The number of nitrogens with zero attached hydrogens (tertiary/aromatic N) is 5. The van der Waals surface area contributed by atoms with E-state index in [1.54, 1.807) is 6.07 Å². The Kier molecular flexibility index (Phi) is 8.37. The van der Waals surface area contributed by atoms with E-state index in [0.717, 1.165) is 67.4 Å². The average Bonchev–Trinajstić information content (AvgIpc) is 3.69. The van der Waals surface area contributed by atoms with Gasteiger partial charge in [-0.15, -0.1) is 11.8 Å². The molecule has 4 atom stereocenters. The van der Waals surface area contributed by atoms with Gasteiger partial charge in [0.2, 0.25) is 0 Å². The third-order valence-electron chi connectivity index (χ3n) is 7.60. The second-order valence-corrected chi connectivity index (χ2v) is 13.0. The van der Waals surface area contributed by atoms with Crippen LogP contribution in [-0.4, -0.2) is 20.0 Å². The highest BCUT2D eigenvalue weighted by molar-refractivity contribution is 8.12. The summed E-state index contributed by atoms with van der Waals surface area (Å²) in [4.78, 5) is 2.82. The van der Waals surface area contributed by atoms with Gasteiger partial charge in [0.25, 0.3) is 0 Å². The van der Waals surface area contributed by atoms with Crippen molar-refractivity contribution in [1.82, 2.24) is 8.75 Å². The summed E-state index contributed by atoms with van der Waals surface area (Å²) in [6, 6.07) is 11.3. The van der Waals surface area contributed by atoms with Crippen LogP contribution in [0, 0.1) is 28.6 Å². The van der Waals surface area contributed by atoms with Crippen molar-refractivity contribution in [2.75, 3.05) is 0 Å². The van der Waals surface area contributed by atoms with Gasteiger partial charge in [0.15, 0.2) is 0 Å². The molecule has 2 heterocycles. The maximum atomic E-state index is 9.41. The number of fused-ring (bicyclic) bond motifs is 1. The summed E-state index contributed by atoms with van der Waals surface area (Å²) < 4.78 is 13.8. The van der Waals surface area contributed by atoms with Crippen LogP contribution >= 0.6 is 35.3 Å². The normalized spacial score (nSPS) is 25.9. The molecule has 2 aliphatic carbocycles. The summed E-state index contributed by atoms with van der Waals surface area (Å²) in [5, 5.41) is 19.0. The second kappa shape index (κ2) is 11.8. The van der Waals surface area contributed by atoms with Gasteiger partial charge in [-0.25, -0.2) is 0 Å². The summed E-state index contributed by atoms with van der Waals surface area (Å²) in [5.74, 6) is 0.278. The van der Waals surface area contributed by atoms with Crippen molar-refractivity contribution >= 4 is 58.2 Å². The van der Waals surface area contributed by atoms with Gasteiger partial charge in [-0.1, -0.05) is 54.8 Å². The van der Waals surface area contributed by atoms with Crippen LogP contribution in [0.4, 0.5) is 0 Å². The Bertz CT molecular complexity index is 1630. The average molecular weight is 599 g/mol. The Hall–Kier alpha value is -3.12. The summed E-state index contributed by atoms with van der Waals surface area (Å²) in [7, 11) is 0. The molecule has 6 nitrogen and oxygen atoms in total. The fourth-order valence-electron chi connectivity index (χ4n) is 5.34. The lowest BCUT2D eigenvalue weighted by Gasteiger charge is -2.40. The van der Waals surface area contributed by atoms with Crippen molar-refractivity contribution in [3.63, 3.8) is 0 Å². The molecule has 200 valence electrons. The van der Waals surface area contributed by atoms with Gasteiger partial charge < -0.3 is 5.73 Å². The van der Waals surface area contributed by atoms with E-state index < -0.39 is 11.5 Å². The maximum absolute atomic E-state index is 9.41. The van der Waals surface area contributed by atoms with Crippen molar-refractivity contribution in [2.24, 2.45) is 16.0 Å². The van der Waals surface area contributed by atoms with Crippen molar-refractivity contribution in [3.8, 4) is 12.1 Å². The molecule has 2 aromatic rings. The topological polar surface area (TPSA) is 112 Å². The first-order chi connectivity index (χ1) is 19.3. The molecular weight excluding hydrogens is 573 g/mol. The van der Waals surface area contributed by atoms with Crippen LogP contribution in [0.5, 0.6) is 0 Å². The number of thioether (sulfide) groups is 2. The molecule has 1 aromatic carbocycles. The summed E-state index contributed by atoms with van der Waals surface area (Å²) in [6.45, 7) is 8.35. The molecule has 40 heavy (non-hydrogen) atoms. The number of hydrogen-bond donors (Lipinski definition) is 1. The molecular formula is C30H26N6S4. The van der Waals surface area contributed by atoms with E-state index in [9.17, 15) is 10.5 Å². The predicted molar refractivity (Wildman–Crippen MR) is 169 cm³/mol. The number of rotatable bonds is 7. The minimum absolute atomic E-state index is 0.278. The molecule has 1 aliphatic heterocycles. The van der Waals surface area contributed by atoms with Crippen LogP contribution < -0.4 is 5.73 Å². The van der Waals surface area contributed by atoms with E-state index in [1.165, 1.54) is 11.8 Å². The monoisotopic (exact) mass is 598 g/mol. The molecule has 0 amide bonds. The largest absolute Gasteiger partial charge is 0.322 e. The molecule has 0 saturated heterocycles. The lowest BCUT2D eigenvalue weighted by atomic mass is 9.71. The predicted octanol–water partition coefficient (Wildman–Crippen LogP) is 7.17. The van der Waals surface area contributed by atoms with Crippen LogP contribution in [0.25, 0.3) is 10.5 Å². The lowest BCUT2D eigenvalue weighted by Crippen LogP contribution is -2.48. The minimum Gasteiger partial charge on any atom is -0.322 e. The first-order valence-electron chi connectivity index (χ1n) is 12.7. The molecule has 4 unspecified atom stereocenters. The standard InChI is InChI=1S/C30H26N6S4/c1-4-22(38-17(2)20-9-5-7-18(13-20)15-31)25-26(34-37)28(33)30(3,29-27(25)35-40-36-29)24-12-11-23(39-24)21-10-6-8-19(14-21)16-32/h4-10,12-13,21,23,28H,2,11,14,33H2,1,3H3. The van der Waals surface area contributed by atoms with Crippen LogP contribution in [0.1, 0.15) is 49.2 Å². The SMILES string of the molecule is C=C(SC(=CC)C1=C(N=S)C(N)C(C)(C2=CCC(C3C=CC=C(C#N)C3)S2)c2nsnc21)c1cccc(C#N)c1. The lowest BCUT2D eigenvalue weighted by molar-refractivity contribution is 0.478. The fraction of sp³-hybridized carbons (Fsp3) is 0.267. The molecule has 5 rings (SSSR count). The molecule has 0 bridgehead atoms. The molecule has 0 radical (unpaired) electrons. The zero-order chi connectivity index (χ0) is 28.4. The van der Waals surface area contributed by atoms with Crippen LogP contribution in [0.3, 0.4) is 0 Å². The van der Waals surface area contributed by atoms with E-state index in [-0.39, 0.29) is 5.92 Å². The van der Waals surface area contributed by atoms with Gasteiger partial charge in [0.1, 0.15) is 5.69 Å². The molecule has 0 saturated carbocycles. The maximum Gasteiger partial charge on any atom is 0.111 e. The second-order valence-electron chi connectivity index (χ2n) is 9.88. The number of nitriles is 2. The van der Waals surface area contributed by atoms with Gasteiger partial charge in [0.05, 0.1) is 52.3 Å². The summed E-state index contributed by atoms with van der Waals surface area (Å²) >= 11 is 9.80. The Morgan fingerprint density at radius 1 is 1.32 bits per heavy atom. The van der Waals surface area contributed by atoms with Gasteiger partial charge in [-0.2, -0.15) is 23.6 Å². The highest BCUT2D eigenvalue weighted by atomic mass is 32.2. The minimum atomic E-state index is -0.642. The van der Waals surface area contributed by atoms with Gasteiger partial charge in [0, 0.05) is 38.6 Å². The highest BCUT2D eigenvalue weighted by Gasteiger charge is 2.51. The third-order valence-corrected chi connectivity index (χ3v) is 11.2. The molecule has 1 aromatic heterocycles. The summed E-state index contributed by atoms with van der Waals surface area (Å²) in [5.41, 5.74) is 11.6. The van der Waals surface area contributed by atoms with E-state index in [0.29, 0.717) is 16.5 Å². The quantitative estimate of drug-likeness (QED) is 0.357. The molecule has 0 spiro atoms. The van der Waals surface area contributed by atoms with Crippen molar-refractivity contribution in [1.29, 1.82) is 10.5 Å². The van der Waals surface area contributed by atoms with E-state index >= 15 is 0 Å². The van der Waals surface area contributed by atoms with E-state index in [4.69, 9.17) is 26.9 Å². The number of benzene rings is 1. The van der Waals surface area contributed by atoms with Crippen molar-refractivity contribution < 1.29 is 0 Å². The molecule has 0 fully saturated rings. The fourth-order valence-corrected chi connectivity index (χ4v) is 8.67. The number of allylic oxidation sites excluding steroid dienone is 7. The van der Waals surface area contributed by atoms with Crippen LogP contribution in [-0.2, 0) is 17.8 Å². The Morgan fingerprint density at radius 3 is 2.88 bits per heavy atom. The van der Waals surface area contributed by atoms with Gasteiger partial charge in [-0.3, -0.25) is 0 Å². The smallest absolute Gasteiger partial charge is 0.111 e. The Labute approximate surface area is 252 Å². The zero-order valence-corrected chi connectivity index (χ0v) is 25.3. The van der Waals surface area contributed by atoms with Crippen molar-refractivity contribution in [2.45, 2.75) is 43.4 Å². The van der Waals surface area contributed by atoms with Gasteiger partial charge in [-0.05, 0) is 61.3 Å². The number of nitrogens with two attached hydrogens (primary N) is 1. The molecule has 2 N–H and O–H groups in total. The third kappa shape index (κ3) is 4.96. The van der Waals surface area contributed by atoms with E-state index in [1.807, 2.05) is 55.1 Å². The Balaban J connectivity index is 1.47. The zero-order valence-electron chi connectivity index (χ0n) is 22.0.